The van der Waals surface area contributed by atoms with Crippen LogP contribution in [0.2, 0.25) is 0 Å². The van der Waals surface area contributed by atoms with Crippen LogP contribution in [0.5, 0.6) is 0 Å². The molecule has 0 aliphatic rings. The maximum absolute atomic E-state index is 14.7. The summed E-state index contributed by atoms with van der Waals surface area (Å²) in [5.74, 6) is -1.53. The summed E-state index contributed by atoms with van der Waals surface area (Å²) in [6.07, 6.45) is 2.20. The van der Waals surface area contributed by atoms with E-state index < -0.39 is 34.3 Å². The summed E-state index contributed by atoms with van der Waals surface area (Å²) >= 11 is 0. The number of amides is 2. The van der Waals surface area contributed by atoms with E-state index >= 15 is 0 Å². The number of unbranched alkanes of at least 4 members (excludes halogenated alkanes) is 1. The van der Waals surface area contributed by atoms with Gasteiger partial charge in [0.05, 0.1) is 10.6 Å². The quantitative estimate of drug-likeness (QED) is 0.287. The lowest BCUT2D eigenvalue weighted by Crippen LogP contribution is -2.51. The molecule has 1 unspecified atom stereocenters. The number of carbonyl (C=O) groups is 2. The van der Waals surface area contributed by atoms with E-state index in [2.05, 4.69) is 5.32 Å². The molecule has 0 radical (unpaired) electrons. The molecule has 0 aliphatic heterocycles. The number of hydrogen-bond acceptors (Lipinski definition) is 4. The van der Waals surface area contributed by atoms with Gasteiger partial charge in [0.1, 0.15) is 18.4 Å². The molecular formula is C31H38FN3O4S. The van der Waals surface area contributed by atoms with Gasteiger partial charge in [-0.3, -0.25) is 13.9 Å². The summed E-state index contributed by atoms with van der Waals surface area (Å²) in [7, 11) is -4.17. The second kappa shape index (κ2) is 14.1. The molecule has 0 fully saturated rings. The molecule has 3 aromatic carbocycles. The average molecular weight is 568 g/mol. The average Bonchev–Trinajstić information content (AvgIpc) is 2.95. The standard InChI is InChI=1S/C31H38FN3O4S/c1-5-7-20-33-31(37)24(4)34(21-26-13-8-10-14-28(26)32)30(36)22-35(29-15-11-9-12-25(29)6-2)40(38,39)27-18-16-23(3)17-19-27/h8-19,24H,5-7,20-22H2,1-4H3,(H,33,37). The summed E-state index contributed by atoms with van der Waals surface area (Å²) < 4.78 is 43.7. The first-order chi connectivity index (χ1) is 19.1. The lowest BCUT2D eigenvalue weighted by molar-refractivity contribution is -0.139. The number of carbonyl (C=O) groups excluding carboxylic acids is 2. The normalized spacial score (nSPS) is 12.0. The minimum absolute atomic E-state index is 0.0443. The molecule has 214 valence electrons. The van der Waals surface area contributed by atoms with Gasteiger partial charge in [-0.05, 0) is 56.5 Å². The van der Waals surface area contributed by atoms with Crippen molar-refractivity contribution in [3.63, 3.8) is 0 Å². The molecule has 0 aromatic heterocycles. The smallest absolute Gasteiger partial charge is 0.264 e. The third-order valence-electron chi connectivity index (χ3n) is 6.82. The van der Waals surface area contributed by atoms with Crippen LogP contribution >= 0.6 is 0 Å². The molecular weight excluding hydrogens is 529 g/mol. The molecule has 3 aromatic rings. The van der Waals surface area contributed by atoms with E-state index in [9.17, 15) is 22.4 Å². The van der Waals surface area contributed by atoms with Gasteiger partial charge in [0.25, 0.3) is 10.0 Å². The third-order valence-corrected chi connectivity index (χ3v) is 8.60. The first kappa shape index (κ1) is 30.8. The Hall–Kier alpha value is -3.72. The maximum atomic E-state index is 14.7. The molecule has 7 nitrogen and oxygen atoms in total. The third kappa shape index (κ3) is 7.47. The number of nitrogens with zero attached hydrogens (tertiary/aromatic N) is 2. The number of hydrogen-bond donors (Lipinski definition) is 1. The van der Waals surface area contributed by atoms with Crippen molar-refractivity contribution >= 4 is 27.5 Å². The molecule has 2 amide bonds. The topological polar surface area (TPSA) is 86.8 Å². The zero-order chi connectivity index (χ0) is 29.3. The summed E-state index contributed by atoms with van der Waals surface area (Å²) in [5.41, 5.74) is 2.25. The predicted molar refractivity (Wildman–Crippen MR) is 156 cm³/mol. The van der Waals surface area contributed by atoms with Gasteiger partial charge in [-0.2, -0.15) is 0 Å². The van der Waals surface area contributed by atoms with Crippen molar-refractivity contribution in [3.05, 3.63) is 95.3 Å². The molecule has 0 saturated carbocycles. The monoisotopic (exact) mass is 567 g/mol. The van der Waals surface area contributed by atoms with E-state index in [-0.39, 0.29) is 22.9 Å². The molecule has 0 aliphatic carbocycles. The number of anilines is 1. The van der Waals surface area contributed by atoms with Crippen molar-refractivity contribution in [1.29, 1.82) is 0 Å². The lowest BCUT2D eigenvalue weighted by atomic mass is 10.1. The minimum Gasteiger partial charge on any atom is -0.354 e. The van der Waals surface area contributed by atoms with Gasteiger partial charge < -0.3 is 10.2 Å². The number of nitrogens with one attached hydrogen (secondary N) is 1. The highest BCUT2D eigenvalue weighted by Gasteiger charge is 2.33. The van der Waals surface area contributed by atoms with Crippen LogP contribution < -0.4 is 9.62 Å². The van der Waals surface area contributed by atoms with Gasteiger partial charge in [-0.25, -0.2) is 12.8 Å². The zero-order valence-electron chi connectivity index (χ0n) is 23.6. The highest BCUT2D eigenvalue weighted by atomic mass is 32.2. The van der Waals surface area contributed by atoms with E-state index in [1.807, 2.05) is 32.9 Å². The Balaban J connectivity index is 2.05. The fraction of sp³-hybridized carbons (Fsp3) is 0.355. The van der Waals surface area contributed by atoms with E-state index in [0.29, 0.717) is 18.7 Å². The largest absolute Gasteiger partial charge is 0.354 e. The van der Waals surface area contributed by atoms with Crippen LogP contribution in [0.25, 0.3) is 0 Å². The summed E-state index contributed by atoms with van der Waals surface area (Å²) in [5, 5.41) is 2.83. The Labute approximate surface area is 237 Å². The number of rotatable bonds is 13. The lowest BCUT2D eigenvalue weighted by Gasteiger charge is -2.32. The van der Waals surface area contributed by atoms with Gasteiger partial charge in [0.15, 0.2) is 0 Å². The van der Waals surface area contributed by atoms with Crippen molar-refractivity contribution in [2.24, 2.45) is 0 Å². The fourth-order valence-electron chi connectivity index (χ4n) is 4.33. The molecule has 40 heavy (non-hydrogen) atoms. The Morgan fingerprint density at radius 2 is 1.55 bits per heavy atom. The zero-order valence-corrected chi connectivity index (χ0v) is 24.4. The second-order valence-corrected chi connectivity index (χ2v) is 11.6. The van der Waals surface area contributed by atoms with E-state index in [4.69, 9.17) is 0 Å². The van der Waals surface area contributed by atoms with E-state index in [1.165, 1.54) is 23.1 Å². The van der Waals surface area contributed by atoms with Crippen LogP contribution in [0.15, 0.2) is 77.7 Å². The predicted octanol–water partition coefficient (Wildman–Crippen LogP) is 5.23. The van der Waals surface area contributed by atoms with Gasteiger partial charge in [-0.15, -0.1) is 0 Å². The number of benzene rings is 3. The van der Waals surface area contributed by atoms with Crippen molar-refractivity contribution < 1.29 is 22.4 Å². The van der Waals surface area contributed by atoms with Gasteiger partial charge >= 0.3 is 0 Å². The summed E-state index contributed by atoms with van der Waals surface area (Å²) in [6.45, 7) is 7.02. The van der Waals surface area contributed by atoms with Crippen LogP contribution in [0.1, 0.15) is 50.3 Å². The minimum atomic E-state index is -4.17. The highest BCUT2D eigenvalue weighted by Crippen LogP contribution is 2.28. The first-order valence-corrected chi connectivity index (χ1v) is 15.0. The number of sulfonamides is 1. The van der Waals surface area contributed by atoms with E-state index in [1.54, 1.807) is 49.4 Å². The number of halogens is 1. The van der Waals surface area contributed by atoms with Crippen LogP contribution in [0.4, 0.5) is 10.1 Å². The molecule has 0 saturated heterocycles. The Kier molecular flexibility index (Phi) is 10.8. The van der Waals surface area contributed by atoms with Crippen LogP contribution in [-0.4, -0.2) is 44.3 Å². The second-order valence-electron chi connectivity index (χ2n) is 9.74. The van der Waals surface area contributed by atoms with Crippen molar-refractivity contribution in [2.45, 2.75) is 64.4 Å². The Bertz CT molecular complexity index is 1410. The summed E-state index contributed by atoms with van der Waals surface area (Å²) in [4.78, 5) is 28.3. The van der Waals surface area contributed by atoms with Crippen LogP contribution in [-0.2, 0) is 32.6 Å². The molecule has 1 atom stereocenters. The first-order valence-electron chi connectivity index (χ1n) is 13.6. The molecule has 1 N–H and O–H groups in total. The molecule has 0 bridgehead atoms. The van der Waals surface area contributed by atoms with Crippen molar-refractivity contribution in [1.82, 2.24) is 10.2 Å². The van der Waals surface area contributed by atoms with Crippen molar-refractivity contribution in [2.75, 3.05) is 17.4 Å². The van der Waals surface area contributed by atoms with Crippen molar-refractivity contribution in [3.8, 4) is 0 Å². The fourth-order valence-corrected chi connectivity index (χ4v) is 5.78. The molecule has 0 heterocycles. The number of aryl methyl sites for hydroxylation is 2. The highest BCUT2D eigenvalue weighted by molar-refractivity contribution is 7.92. The Morgan fingerprint density at radius 3 is 2.17 bits per heavy atom. The van der Waals surface area contributed by atoms with Crippen LogP contribution in [0, 0.1) is 12.7 Å². The number of para-hydroxylation sites is 1. The Morgan fingerprint density at radius 1 is 0.925 bits per heavy atom. The van der Waals surface area contributed by atoms with Crippen LogP contribution in [0.3, 0.4) is 0 Å². The van der Waals surface area contributed by atoms with E-state index in [0.717, 1.165) is 28.3 Å². The summed E-state index contributed by atoms with van der Waals surface area (Å²) in [6, 6.07) is 18.5. The SMILES string of the molecule is CCCCNC(=O)C(C)N(Cc1ccccc1F)C(=O)CN(c1ccccc1CC)S(=O)(=O)c1ccc(C)cc1. The van der Waals surface area contributed by atoms with Gasteiger partial charge in [-0.1, -0.05) is 74.4 Å². The van der Waals surface area contributed by atoms with Gasteiger partial charge in [0, 0.05) is 18.7 Å². The molecule has 3 rings (SSSR count). The molecule has 9 heteroatoms. The molecule has 0 spiro atoms. The van der Waals surface area contributed by atoms with Gasteiger partial charge in [0.2, 0.25) is 11.8 Å². The maximum Gasteiger partial charge on any atom is 0.264 e.